The third-order valence-corrected chi connectivity index (χ3v) is 6.78. The van der Waals surface area contributed by atoms with Crippen molar-refractivity contribution < 1.29 is 63.5 Å². The minimum absolute atomic E-state index is 0.0423. The van der Waals surface area contributed by atoms with Gasteiger partial charge in [-0.25, -0.2) is 9.59 Å². The van der Waals surface area contributed by atoms with Crippen LogP contribution in [0.25, 0.3) is 6.08 Å². The van der Waals surface area contributed by atoms with Crippen molar-refractivity contribution in [3.8, 4) is 11.5 Å². The standard InChI is InChI=1S/C26H30O13/c1-3-14-24(36-12-15-23(32)35-9-8-26(14,15)33)39-25-21(31)20(30)22(18(11-27)37-25)38-19(29)7-5-13-4-6-16(28)17(10-13)34-2/h3-7,10,12,14,18,20-22,24-25,27-28,30-31,33H,1,8-9,11H2,2H3. The molecule has 8 unspecified atom stereocenters. The summed E-state index contributed by atoms with van der Waals surface area (Å²) in [6, 6.07) is 4.38. The molecule has 5 N–H and O–H groups in total. The van der Waals surface area contributed by atoms with E-state index in [1.54, 1.807) is 0 Å². The lowest BCUT2D eigenvalue weighted by molar-refractivity contribution is -0.344. The normalized spacial score (nSPS) is 34.3. The third-order valence-electron chi connectivity index (χ3n) is 6.78. The lowest BCUT2D eigenvalue weighted by Gasteiger charge is -2.46. The van der Waals surface area contributed by atoms with Crippen LogP contribution in [0.5, 0.6) is 11.5 Å². The Morgan fingerprint density at radius 3 is 2.72 bits per heavy atom. The van der Waals surface area contributed by atoms with Crippen LogP contribution in [0.4, 0.5) is 0 Å². The lowest BCUT2D eigenvalue weighted by Crippen LogP contribution is -2.62. The number of carbonyl (C=O) groups excluding carboxylic acids is 2. The van der Waals surface area contributed by atoms with Crippen molar-refractivity contribution in [1.29, 1.82) is 0 Å². The van der Waals surface area contributed by atoms with Crippen LogP contribution < -0.4 is 4.74 Å². The minimum Gasteiger partial charge on any atom is -0.504 e. The molecule has 212 valence electrons. The number of phenols is 1. The van der Waals surface area contributed by atoms with Gasteiger partial charge < -0.3 is 54.0 Å². The summed E-state index contributed by atoms with van der Waals surface area (Å²) in [7, 11) is 1.37. The molecule has 1 aromatic rings. The number of esters is 2. The largest absolute Gasteiger partial charge is 0.504 e. The molecule has 4 rings (SSSR count). The van der Waals surface area contributed by atoms with Gasteiger partial charge in [-0.05, 0) is 23.8 Å². The second kappa shape index (κ2) is 11.7. The molecule has 0 amide bonds. The Morgan fingerprint density at radius 1 is 1.26 bits per heavy atom. The van der Waals surface area contributed by atoms with Gasteiger partial charge in [-0.2, -0.15) is 0 Å². The number of hydrogen-bond acceptors (Lipinski definition) is 13. The van der Waals surface area contributed by atoms with Crippen molar-refractivity contribution in [2.45, 2.75) is 49.0 Å². The number of aromatic hydroxyl groups is 1. The molecule has 0 spiro atoms. The lowest BCUT2D eigenvalue weighted by atomic mass is 9.76. The Labute approximate surface area is 223 Å². The van der Waals surface area contributed by atoms with Gasteiger partial charge in [0.15, 0.2) is 23.9 Å². The minimum atomic E-state index is -1.76. The number of aliphatic hydroxyl groups is 4. The average molecular weight is 551 g/mol. The van der Waals surface area contributed by atoms with Crippen molar-refractivity contribution in [1.82, 2.24) is 0 Å². The molecule has 3 aliphatic rings. The van der Waals surface area contributed by atoms with Gasteiger partial charge in [0.25, 0.3) is 0 Å². The summed E-state index contributed by atoms with van der Waals surface area (Å²) >= 11 is 0. The molecule has 39 heavy (non-hydrogen) atoms. The Kier molecular flexibility index (Phi) is 8.59. The number of aliphatic hydroxyl groups excluding tert-OH is 3. The molecule has 1 aromatic carbocycles. The van der Waals surface area contributed by atoms with E-state index in [4.69, 9.17) is 28.4 Å². The zero-order valence-electron chi connectivity index (χ0n) is 20.9. The van der Waals surface area contributed by atoms with E-state index in [0.29, 0.717) is 5.56 Å². The predicted octanol–water partition coefficient (Wildman–Crippen LogP) is -0.498. The second-order valence-corrected chi connectivity index (χ2v) is 9.12. The molecule has 8 atom stereocenters. The highest BCUT2D eigenvalue weighted by Gasteiger charge is 2.55. The molecule has 0 bridgehead atoms. The Morgan fingerprint density at radius 2 is 2.03 bits per heavy atom. The summed E-state index contributed by atoms with van der Waals surface area (Å²) in [5.74, 6) is -2.53. The van der Waals surface area contributed by atoms with Crippen LogP contribution in [0.2, 0.25) is 0 Å². The van der Waals surface area contributed by atoms with Crippen molar-refractivity contribution in [3.63, 3.8) is 0 Å². The van der Waals surface area contributed by atoms with E-state index in [2.05, 4.69) is 6.58 Å². The zero-order chi connectivity index (χ0) is 28.3. The number of cyclic esters (lactones) is 1. The van der Waals surface area contributed by atoms with Gasteiger partial charge in [-0.1, -0.05) is 12.1 Å². The fourth-order valence-corrected chi connectivity index (χ4v) is 4.63. The summed E-state index contributed by atoms with van der Waals surface area (Å²) in [6.07, 6.45) is -4.35. The van der Waals surface area contributed by atoms with E-state index in [-0.39, 0.29) is 30.1 Å². The summed E-state index contributed by atoms with van der Waals surface area (Å²) in [5.41, 5.74) is -1.31. The first kappa shape index (κ1) is 28.5. The Bertz CT molecular complexity index is 1140. The van der Waals surface area contributed by atoms with Gasteiger partial charge in [-0.15, -0.1) is 6.58 Å². The molecule has 0 saturated carbocycles. The molecule has 13 heteroatoms. The highest BCUT2D eigenvalue weighted by molar-refractivity contribution is 5.91. The van der Waals surface area contributed by atoms with E-state index in [0.717, 1.165) is 12.3 Å². The molecular formula is C26H30O13. The number of carbonyl (C=O) groups is 2. The molecule has 0 aliphatic carbocycles. The van der Waals surface area contributed by atoms with E-state index < -0.39 is 67.1 Å². The van der Waals surface area contributed by atoms with E-state index in [1.807, 2.05) is 0 Å². The van der Waals surface area contributed by atoms with Crippen LogP contribution in [0.3, 0.4) is 0 Å². The van der Waals surface area contributed by atoms with E-state index >= 15 is 0 Å². The first-order chi connectivity index (χ1) is 18.6. The molecule has 0 aromatic heterocycles. The first-order valence-corrected chi connectivity index (χ1v) is 12.0. The predicted molar refractivity (Wildman–Crippen MR) is 130 cm³/mol. The molecule has 0 radical (unpaired) electrons. The first-order valence-electron chi connectivity index (χ1n) is 12.0. The zero-order valence-corrected chi connectivity index (χ0v) is 20.9. The summed E-state index contributed by atoms with van der Waals surface area (Å²) in [4.78, 5) is 24.5. The molecule has 13 nitrogen and oxygen atoms in total. The highest BCUT2D eigenvalue weighted by atomic mass is 16.8. The molecule has 2 fully saturated rings. The summed E-state index contributed by atoms with van der Waals surface area (Å²) in [6.45, 7) is 2.92. The molecular weight excluding hydrogens is 520 g/mol. The summed E-state index contributed by atoms with van der Waals surface area (Å²) in [5, 5.41) is 52.1. The quantitative estimate of drug-likeness (QED) is 0.158. The van der Waals surface area contributed by atoms with Crippen LogP contribution in [0.1, 0.15) is 12.0 Å². The SMILES string of the molecule is C=CC1C(OC2OC(CO)C(OC(=O)C=Cc3ccc(O)c(OC)c3)C(O)C2O)OC=C2C(=O)OCCC21O. The number of methoxy groups -OCH3 is 1. The monoisotopic (exact) mass is 550 g/mol. The van der Waals surface area contributed by atoms with Crippen LogP contribution in [-0.2, 0) is 33.3 Å². The average Bonchev–Trinajstić information content (AvgIpc) is 2.92. The van der Waals surface area contributed by atoms with Gasteiger partial charge in [-0.3, -0.25) is 0 Å². The topological polar surface area (TPSA) is 191 Å². The molecule has 3 heterocycles. The summed E-state index contributed by atoms with van der Waals surface area (Å²) < 4.78 is 32.0. The second-order valence-electron chi connectivity index (χ2n) is 9.12. The maximum Gasteiger partial charge on any atom is 0.340 e. The highest BCUT2D eigenvalue weighted by Crippen LogP contribution is 2.42. The van der Waals surface area contributed by atoms with Crippen molar-refractivity contribution >= 4 is 18.0 Å². The van der Waals surface area contributed by atoms with Crippen LogP contribution in [0.15, 0.2) is 48.8 Å². The third kappa shape index (κ3) is 5.64. The number of benzene rings is 1. The number of rotatable bonds is 8. The fourth-order valence-electron chi connectivity index (χ4n) is 4.63. The van der Waals surface area contributed by atoms with Crippen LogP contribution >= 0.6 is 0 Å². The number of hydrogen-bond donors (Lipinski definition) is 5. The maximum absolute atomic E-state index is 12.4. The van der Waals surface area contributed by atoms with Crippen LogP contribution in [-0.4, -0.2) is 100 Å². The fraction of sp³-hybridized carbons (Fsp3) is 0.462. The van der Waals surface area contributed by atoms with Crippen molar-refractivity contribution in [2.24, 2.45) is 5.92 Å². The maximum atomic E-state index is 12.4. The van der Waals surface area contributed by atoms with Gasteiger partial charge in [0.05, 0.1) is 32.5 Å². The van der Waals surface area contributed by atoms with Crippen molar-refractivity contribution in [2.75, 3.05) is 20.3 Å². The van der Waals surface area contributed by atoms with Gasteiger partial charge in [0.1, 0.15) is 29.5 Å². The smallest absolute Gasteiger partial charge is 0.340 e. The van der Waals surface area contributed by atoms with Crippen LogP contribution in [0, 0.1) is 5.92 Å². The Balaban J connectivity index is 1.43. The number of ether oxygens (including phenoxy) is 6. The molecule has 2 saturated heterocycles. The van der Waals surface area contributed by atoms with E-state index in [9.17, 15) is 35.1 Å². The van der Waals surface area contributed by atoms with Gasteiger partial charge in [0, 0.05) is 12.5 Å². The molecule has 3 aliphatic heterocycles. The van der Waals surface area contributed by atoms with Gasteiger partial charge >= 0.3 is 11.9 Å². The van der Waals surface area contributed by atoms with E-state index in [1.165, 1.54) is 37.5 Å². The van der Waals surface area contributed by atoms with Gasteiger partial charge in [0.2, 0.25) is 6.29 Å². The number of phenolic OH excluding ortho intramolecular Hbond substituents is 1. The van der Waals surface area contributed by atoms with Crippen molar-refractivity contribution in [3.05, 3.63) is 54.3 Å². The Hall–Kier alpha value is -3.46. The number of fused-ring (bicyclic) bond motifs is 1.